The van der Waals surface area contributed by atoms with Crippen LogP contribution in [0.3, 0.4) is 0 Å². The SMILES string of the molecule is CCC(C)NC(=O)C(C)N(Cc1ccc(OC)cc1)C(=O)CN(c1ccc(Cl)c(C(F)(F)F)c1)S(C)(=O)=O. The largest absolute Gasteiger partial charge is 0.497 e. The number of sulfonamides is 1. The van der Waals surface area contributed by atoms with Gasteiger partial charge in [0.05, 0.1) is 29.6 Å². The van der Waals surface area contributed by atoms with Gasteiger partial charge in [-0.25, -0.2) is 8.42 Å². The molecule has 2 atom stereocenters. The highest BCUT2D eigenvalue weighted by Gasteiger charge is 2.35. The molecule has 0 heterocycles. The topological polar surface area (TPSA) is 96.0 Å². The van der Waals surface area contributed by atoms with Crippen LogP contribution in [-0.2, 0) is 32.3 Å². The zero-order valence-corrected chi connectivity index (χ0v) is 23.2. The Morgan fingerprint density at radius 1 is 1.11 bits per heavy atom. The van der Waals surface area contributed by atoms with E-state index in [0.717, 1.165) is 18.4 Å². The van der Waals surface area contributed by atoms with Gasteiger partial charge in [0.2, 0.25) is 21.8 Å². The van der Waals surface area contributed by atoms with Crippen molar-refractivity contribution >= 4 is 39.1 Å². The third-order valence-electron chi connectivity index (χ3n) is 5.90. The summed E-state index contributed by atoms with van der Waals surface area (Å²) in [6.45, 7) is 4.26. The Labute approximate surface area is 225 Å². The Kier molecular flexibility index (Phi) is 10.4. The summed E-state index contributed by atoms with van der Waals surface area (Å²) in [5.41, 5.74) is -1.01. The zero-order chi connectivity index (χ0) is 28.8. The molecule has 1 N–H and O–H groups in total. The first-order valence-corrected chi connectivity index (χ1v) is 13.9. The molecular weight excluding hydrogens is 547 g/mol. The maximum Gasteiger partial charge on any atom is 0.417 e. The van der Waals surface area contributed by atoms with Gasteiger partial charge >= 0.3 is 6.18 Å². The second-order valence-electron chi connectivity index (χ2n) is 8.80. The average molecular weight is 578 g/mol. The number of hydrogen-bond acceptors (Lipinski definition) is 5. The van der Waals surface area contributed by atoms with E-state index in [1.54, 1.807) is 31.2 Å². The van der Waals surface area contributed by atoms with Crippen molar-refractivity contribution < 1.29 is 35.9 Å². The predicted molar refractivity (Wildman–Crippen MR) is 140 cm³/mol. The van der Waals surface area contributed by atoms with E-state index in [1.807, 2.05) is 6.92 Å². The molecule has 0 aliphatic rings. The molecule has 38 heavy (non-hydrogen) atoms. The highest BCUT2D eigenvalue weighted by atomic mass is 35.5. The molecule has 2 aromatic rings. The van der Waals surface area contributed by atoms with Crippen molar-refractivity contribution in [1.82, 2.24) is 10.2 Å². The van der Waals surface area contributed by atoms with Crippen LogP contribution in [0.15, 0.2) is 42.5 Å². The van der Waals surface area contributed by atoms with Crippen LogP contribution in [0.2, 0.25) is 5.02 Å². The standard InChI is InChI=1S/C25H31ClF3N3O5S/c1-6-16(2)30-24(34)17(3)31(14-18-7-10-20(37-4)11-8-18)23(33)15-32(38(5,35)36)19-9-12-22(26)21(13-19)25(27,28)29/h7-13,16-17H,6,14-15H2,1-5H3,(H,30,34). The first-order chi connectivity index (χ1) is 17.6. The molecule has 0 saturated heterocycles. The summed E-state index contributed by atoms with van der Waals surface area (Å²) in [5.74, 6) is -0.680. The molecule has 0 fully saturated rings. The summed E-state index contributed by atoms with van der Waals surface area (Å²) in [6, 6.07) is 8.07. The maximum atomic E-state index is 13.5. The van der Waals surface area contributed by atoms with Crippen LogP contribution < -0.4 is 14.4 Å². The molecule has 0 bridgehead atoms. The van der Waals surface area contributed by atoms with Gasteiger partial charge in [0, 0.05) is 12.6 Å². The highest BCUT2D eigenvalue weighted by Crippen LogP contribution is 2.37. The Morgan fingerprint density at radius 3 is 2.21 bits per heavy atom. The summed E-state index contributed by atoms with van der Waals surface area (Å²) < 4.78 is 71.2. The number of nitrogens with zero attached hydrogens (tertiary/aromatic N) is 2. The molecule has 0 saturated carbocycles. The summed E-state index contributed by atoms with van der Waals surface area (Å²) in [7, 11) is -2.72. The Morgan fingerprint density at radius 2 is 1.71 bits per heavy atom. The molecule has 2 amide bonds. The fourth-order valence-electron chi connectivity index (χ4n) is 3.48. The molecule has 8 nitrogen and oxygen atoms in total. The number of nitrogens with one attached hydrogen (secondary N) is 1. The van der Waals surface area contributed by atoms with Crippen LogP contribution >= 0.6 is 11.6 Å². The lowest BCUT2D eigenvalue weighted by molar-refractivity contribution is -0.139. The number of amides is 2. The van der Waals surface area contributed by atoms with Gasteiger partial charge in [0.15, 0.2) is 0 Å². The first-order valence-electron chi connectivity index (χ1n) is 11.7. The number of anilines is 1. The van der Waals surface area contributed by atoms with E-state index in [-0.39, 0.29) is 12.6 Å². The van der Waals surface area contributed by atoms with Crippen molar-refractivity contribution in [2.24, 2.45) is 0 Å². The second-order valence-corrected chi connectivity index (χ2v) is 11.1. The van der Waals surface area contributed by atoms with Gasteiger partial charge in [-0.05, 0) is 56.2 Å². The lowest BCUT2D eigenvalue weighted by Gasteiger charge is -2.32. The molecule has 0 spiro atoms. The van der Waals surface area contributed by atoms with Gasteiger partial charge in [-0.2, -0.15) is 13.2 Å². The van der Waals surface area contributed by atoms with E-state index in [2.05, 4.69) is 5.32 Å². The number of alkyl halides is 3. The fourth-order valence-corrected chi connectivity index (χ4v) is 4.54. The molecule has 2 unspecified atom stereocenters. The number of carbonyl (C=O) groups is 2. The van der Waals surface area contributed by atoms with Gasteiger partial charge in [-0.1, -0.05) is 30.7 Å². The Hall–Kier alpha value is -2.99. The van der Waals surface area contributed by atoms with Crippen molar-refractivity contribution in [1.29, 1.82) is 0 Å². The number of halogens is 4. The molecule has 0 aliphatic carbocycles. The van der Waals surface area contributed by atoms with Gasteiger partial charge in [-0.15, -0.1) is 0 Å². The number of benzene rings is 2. The van der Waals surface area contributed by atoms with Crippen molar-refractivity contribution in [3.05, 3.63) is 58.6 Å². The normalized spacial score (nSPS) is 13.4. The van der Waals surface area contributed by atoms with Gasteiger partial charge in [-0.3, -0.25) is 13.9 Å². The molecule has 0 aliphatic heterocycles. The van der Waals surface area contributed by atoms with E-state index in [1.165, 1.54) is 18.9 Å². The highest BCUT2D eigenvalue weighted by molar-refractivity contribution is 7.92. The zero-order valence-electron chi connectivity index (χ0n) is 21.7. The van der Waals surface area contributed by atoms with Crippen molar-refractivity contribution in [3.8, 4) is 5.75 Å². The number of hydrogen-bond donors (Lipinski definition) is 1. The summed E-state index contributed by atoms with van der Waals surface area (Å²) in [6.07, 6.45) is -3.43. The first kappa shape index (κ1) is 31.2. The summed E-state index contributed by atoms with van der Waals surface area (Å²) >= 11 is 5.68. The van der Waals surface area contributed by atoms with Gasteiger partial charge < -0.3 is 15.0 Å². The van der Waals surface area contributed by atoms with Crippen LogP contribution in [-0.4, -0.2) is 57.1 Å². The lowest BCUT2D eigenvalue weighted by Crippen LogP contribution is -2.52. The van der Waals surface area contributed by atoms with E-state index < -0.39 is 56.9 Å². The predicted octanol–water partition coefficient (Wildman–Crippen LogP) is 4.47. The van der Waals surface area contributed by atoms with Gasteiger partial charge in [0.25, 0.3) is 0 Å². The molecular formula is C25H31ClF3N3O5S. The quantitative estimate of drug-likeness (QED) is 0.425. The Bertz CT molecular complexity index is 1240. The van der Waals surface area contributed by atoms with Crippen LogP contribution in [0.5, 0.6) is 5.75 Å². The molecule has 0 radical (unpaired) electrons. The Balaban J connectivity index is 2.47. The van der Waals surface area contributed by atoms with Gasteiger partial charge in [0.1, 0.15) is 18.3 Å². The van der Waals surface area contributed by atoms with E-state index in [0.29, 0.717) is 28.1 Å². The average Bonchev–Trinajstić information content (AvgIpc) is 2.84. The van der Waals surface area contributed by atoms with Crippen LogP contribution in [0.25, 0.3) is 0 Å². The number of methoxy groups -OCH3 is 1. The fraction of sp³-hybridized carbons (Fsp3) is 0.440. The van der Waals surface area contributed by atoms with Crippen LogP contribution in [0, 0.1) is 0 Å². The minimum absolute atomic E-state index is 0.0655. The summed E-state index contributed by atoms with van der Waals surface area (Å²) in [5, 5.41) is 2.18. The number of rotatable bonds is 11. The van der Waals surface area contributed by atoms with E-state index >= 15 is 0 Å². The molecule has 2 rings (SSSR count). The molecule has 2 aromatic carbocycles. The second kappa shape index (κ2) is 12.7. The van der Waals surface area contributed by atoms with Crippen LogP contribution in [0.1, 0.15) is 38.3 Å². The molecule has 0 aromatic heterocycles. The van der Waals surface area contributed by atoms with Crippen LogP contribution in [0.4, 0.5) is 18.9 Å². The molecule has 13 heteroatoms. The number of carbonyl (C=O) groups excluding carboxylic acids is 2. The van der Waals surface area contributed by atoms with Crippen molar-refractivity contribution in [2.75, 3.05) is 24.2 Å². The minimum Gasteiger partial charge on any atom is -0.497 e. The monoisotopic (exact) mass is 577 g/mol. The third kappa shape index (κ3) is 8.26. The lowest BCUT2D eigenvalue weighted by atomic mass is 10.1. The van der Waals surface area contributed by atoms with E-state index in [4.69, 9.17) is 16.3 Å². The summed E-state index contributed by atoms with van der Waals surface area (Å²) in [4.78, 5) is 27.6. The smallest absolute Gasteiger partial charge is 0.417 e. The van der Waals surface area contributed by atoms with E-state index in [9.17, 15) is 31.2 Å². The maximum absolute atomic E-state index is 13.5. The number of ether oxygens (including phenoxy) is 1. The minimum atomic E-state index is -4.84. The van der Waals surface area contributed by atoms with Crippen molar-refractivity contribution in [3.63, 3.8) is 0 Å². The third-order valence-corrected chi connectivity index (χ3v) is 7.37. The molecule has 210 valence electrons. The van der Waals surface area contributed by atoms with Crippen molar-refractivity contribution in [2.45, 2.75) is 52.0 Å².